The molecule has 2 amide bonds. The topological polar surface area (TPSA) is 98.3 Å². The molecule has 1 heterocycles. The number of nitrogens with one attached hydrogen (secondary N) is 2. The molecule has 7 nitrogen and oxygen atoms in total. The fourth-order valence-electron chi connectivity index (χ4n) is 2.22. The first-order valence-electron chi connectivity index (χ1n) is 7.39. The summed E-state index contributed by atoms with van der Waals surface area (Å²) in [4.78, 5) is 25.0. The first-order chi connectivity index (χ1) is 11.3. The van der Waals surface area contributed by atoms with Gasteiger partial charge in [-0.25, -0.2) is 4.79 Å². The second-order valence-electron chi connectivity index (χ2n) is 6.16. The smallest absolute Gasteiger partial charge is 0.412 e. The monoisotopic (exact) mass is 328 g/mol. The number of hydrogen-bond acceptors (Lipinski definition) is 3. The van der Waals surface area contributed by atoms with E-state index in [1.165, 1.54) is 11.0 Å². The summed E-state index contributed by atoms with van der Waals surface area (Å²) in [6, 6.07) is 6.80. The Bertz CT molecular complexity index is 745. The summed E-state index contributed by atoms with van der Waals surface area (Å²) in [5, 5.41) is 18.7. The van der Waals surface area contributed by atoms with Crippen LogP contribution >= 0.6 is 0 Å². The maximum absolute atomic E-state index is 12.1. The molecule has 0 saturated carbocycles. The Morgan fingerprint density at radius 2 is 2.00 bits per heavy atom. The van der Waals surface area contributed by atoms with Gasteiger partial charge in [-0.2, -0.15) is 5.10 Å². The van der Waals surface area contributed by atoms with Gasteiger partial charge in [0.15, 0.2) is 0 Å². The number of amides is 2. The van der Waals surface area contributed by atoms with Gasteiger partial charge >= 0.3 is 6.09 Å². The van der Waals surface area contributed by atoms with E-state index in [2.05, 4.69) is 15.5 Å². The Kier molecular flexibility index (Phi) is 5.03. The van der Waals surface area contributed by atoms with E-state index in [1.807, 2.05) is 0 Å². The highest BCUT2D eigenvalue weighted by molar-refractivity contribution is 6.05. The van der Waals surface area contributed by atoms with E-state index >= 15 is 0 Å². The van der Waals surface area contributed by atoms with E-state index in [4.69, 9.17) is 0 Å². The van der Waals surface area contributed by atoms with Gasteiger partial charge in [-0.05, 0) is 39.0 Å². The zero-order chi connectivity index (χ0) is 17.7. The van der Waals surface area contributed by atoms with Crippen molar-refractivity contribution in [3.63, 3.8) is 0 Å². The van der Waals surface area contributed by atoms with Crippen LogP contribution in [0.1, 0.15) is 26.3 Å². The second kappa shape index (κ2) is 6.99. The normalized spacial score (nSPS) is 11.5. The molecule has 7 heteroatoms. The third-order valence-electron chi connectivity index (χ3n) is 3.21. The number of hydrogen-bond donors (Lipinski definition) is 3. The molecule has 0 saturated heterocycles. The van der Waals surface area contributed by atoms with Crippen LogP contribution < -0.4 is 10.2 Å². The molecule has 24 heavy (non-hydrogen) atoms. The molecular formula is C17H20N4O3. The summed E-state index contributed by atoms with van der Waals surface area (Å²) in [6.45, 7) is 5.37. The lowest BCUT2D eigenvalue weighted by atomic mass is 10.0. The molecule has 3 N–H and O–H groups in total. The van der Waals surface area contributed by atoms with Crippen molar-refractivity contribution in [3.05, 3.63) is 48.3 Å². The van der Waals surface area contributed by atoms with Crippen LogP contribution in [0.2, 0.25) is 0 Å². The van der Waals surface area contributed by atoms with Gasteiger partial charge < -0.3 is 10.4 Å². The van der Waals surface area contributed by atoms with Crippen molar-refractivity contribution < 1.29 is 14.7 Å². The summed E-state index contributed by atoms with van der Waals surface area (Å²) in [5.74, 6) is -0.358. The van der Waals surface area contributed by atoms with E-state index in [1.54, 1.807) is 63.5 Å². The number of nitrogens with zero attached hydrogens (tertiary/aromatic N) is 2. The summed E-state index contributed by atoms with van der Waals surface area (Å²) >= 11 is 0. The molecule has 2 aromatic rings. The number of aromatic nitrogens is 2. The van der Waals surface area contributed by atoms with Crippen molar-refractivity contribution in [3.8, 4) is 0 Å². The van der Waals surface area contributed by atoms with Gasteiger partial charge in [0.05, 0.1) is 17.6 Å². The maximum Gasteiger partial charge on any atom is 0.412 e. The largest absolute Gasteiger partial charge is 0.465 e. The second-order valence-corrected chi connectivity index (χ2v) is 6.16. The van der Waals surface area contributed by atoms with E-state index in [-0.39, 0.29) is 5.91 Å². The Morgan fingerprint density at radius 3 is 2.58 bits per heavy atom. The van der Waals surface area contributed by atoms with Crippen molar-refractivity contribution in [1.29, 1.82) is 0 Å². The molecule has 2 rings (SSSR count). The number of rotatable bonds is 4. The van der Waals surface area contributed by atoms with Crippen LogP contribution in [0.5, 0.6) is 0 Å². The number of benzene rings is 1. The predicted octanol–water partition coefficient (Wildman–Crippen LogP) is 3.34. The number of carbonyl (C=O) groups is 2. The average Bonchev–Trinajstić information content (AvgIpc) is 2.98. The lowest BCUT2D eigenvalue weighted by Crippen LogP contribution is -2.45. The molecule has 0 spiro atoms. The Morgan fingerprint density at radius 1 is 1.29 bits per heavy atom. The number of carboxylic acid groups (broad SMARTS) is 1. The van der Waals surface area contributed by atoms with Crippen molar-refractivity contribution >= 4 is 29.5 Å². The van der Waals surface area contributed by atoms with Gasteiger partial charge in [0.25, 0.3) is 0 Å². The number of anilines is 2. The van der Waals surface area contributed by atoms with Crippen LogP contribution in [0.3, 0.4) is 0 Å². The highest BCUT2D eigenvalue weighted by atomic mass is 16.4. The minimum atomic E-state index is -1.09. The molecule has 0 atom stereocenters. The van der Waals surface area contributed by atoms with Gasteiger partial charge in [0.1, 0.15) is 0 Å². The van der Waals surface area contributed by atoms with Crippen LogP contribution in [0.15, 0.2) is 42.7 Å². The quantitative estimate of drug-likeness (QED) is 0.750. The molecule has 0 unspecified atom stereocenters. The molecule has 0 aliphatic heterocycles. The zero-order valence-corrected chi connectivity index (χ0v) is 13.8. The minimum absolute atomic E-state index is 0.358. The van der Waals surface area contributed by atoms with Crippen molar-refractivity contribution in [1.82, 2.24) is 10.2 Å². The van der Waals surface area contributed by atoms with E-state index in [9.17, 15) is 14.7 Å². The molecule has 0 bridgehead atoms. The van der Waals surface area contributed by atoms with Crippen molar-refractivity contribution in [2.45, 2.75) is 26.3 Å². The van der Waals surface area contributed by atoms with Crippen LogP contribution in [0, 0.1) is 0 Å². The number of H-pyrrole nitrogens is 1. The van der Waals surface area contributed by atoms with Gasteiger partial charge in [-0.3, -0.25) is 14.8 Å². The molecule has 1 aromatic heterocycles. The van der Waals surface area contributed by atoms with Gasteiger partial charge in [0, 0.05) is 23.4 Å². The van der Waals surface area contributed by atoms with Crippen molar-refractivity contribution in [2.24, 2.45) is 0 Å². The fourth-order valence-corrected chi connectivity index (χ4v) is 2.22. The SMILES string of the molecule is CC(C)(C)N(C(=O)O)c1ccccc1NC(=O)C=Cc1cn[nH]c1. The van der Waals surface area contributed by atoms with E-state index < -0.39 is 11.6 Å². The third kappa shape index (κ3) is 4.22. The lowest BCUT2D eigenvalue weighted by molar-refractivity contribution is -0.111. The first-order valence-corrected chi connectivity index (χ1v) is 7.39. The molecule has 1 aromatic carbocycles. The summed E-state index contributed by atoms with van der Waals surface area (Å²) in [7, 11) is 0. The number of carbonyl (C=O) groups excluding carboxylic acids is 1. The maximum atomic E-state index is 12.1. The van der Waals surface area contributed by atoms with Crippen LogP contribution in [0.4, 0.5) is 16.2 Å². The third-order valence-corrected chi connectivity index (χ3v) is 3.21. The Balaban J connectivity index is 2.25. The first kappa shape index (κ1) is 17.3. The number of para-hydroxylation sites is 2. The predicted molar refractivity (Wildman–Crippen MR) is 93.0 cm³/mol. The minimum Gasteiger partial charge on any atom is -0.465 e. The summed E-state index contributed by atoms with van der Waals surface area (Å²) in [5.41, 5.74) is 0.957. The standard InChI is InChI=1S/C17H20N4O3/c1-17(2,3)21(16(23)24)14-7-5-4-6-13(14)20-15(22)9-8-12-10-18-19-11-12/h4-11H,1-3H3,(H,18,19)(H,20,22)(H,23,24). The Hall–Kier alpha value is -3.09. The van der Waals surface area contributed by atoms with Gasteiger partial charge in [-0.15, -0.1) is 0 Å². The number of aromatic amines is 1. The molecular weight excluding hydrogens is 308 g/mol. The Labute approximate surface area is 140 Å². The molecule has 0 fully saturated rings. The fraction of sp³-hybridized carbons (Fsp3) is 0.235. The summed E-state index contributed by atoms with van der Waals surface area (Å²) < 4.78 is 0. The lowest BCUT2D eigenvalue weighted by Gasteiger charge is -2.34. The molecule has 126 valence electrons. The summed E-state index contributed by atoms with van der Waals surface area (Å²) in [6.07, 6.45) is 5.13. The van der Waals surface area contributed by atoms with Crippen LogP contribution in [-0.4, -0.2) is 32.8 Å². The van der Waals surface area contributed by atoms with Gasteiger partial charge in [0.2, 0.25) is 5.91 Å². The highest BCUT2D eigenvalue weighted by Crippen LogP contribution is 2.31. The molecule has 0 aliphatic carbocycles. The zero-order valence-electron chi connectivity index (χ0n) is 13.8. The van der Waals surface area contributed by atoms with E-state index in [0.29, 0.717) is 11.4 Å². The van der Waals surface area contributed by atoms with Crippen LogP contribution in [-0.2, 0) is 4.79 Å². The van der Waals surface area contributed by atoms with Crippen LogP contribution in [0.25, 0.3) is 6.08 Å². The van der Waals surface area contributed by atoms with Crippen molar-refractivity contribution in [2.75, 3.05) is 10.2 Å². The molecule has 0 aliphatic rings. The molecule has 0 radical (unpaired) electrons. The van der Waals surface area contributed by atoms with Gasteiger partial charge in [-0.1, -0.05) is 12.1 Å². The average molecular weight is 328 g/mol. The highest BCUT2D eigenvalue weighted by Gasteiger charge is 2.29. The van der Waals surface area contributed by atoms with E-state index in [0.717, 1.165) is 5.56 Å².